The summed E-state index contributed by atoms with van der Waals surface area (Å²) in [6.45, 7) is 4.27. The number of aliphatic carboxylic acids is 1. The van der Waals surface area contributed by atoms with Crippen LogP contribution in [0.25, 0.3) is 0 Å². The zero-order valence-electron chi connectivity index (χ0n) is 15.0. The summed E-state index contributed by atoms with van der Waals surface area (Å²) >= 11 is 5.94. The zero-order valence-corrected chi connectivity index (χ0v) is 15.8. The number of carbonyl (C=O) groups is 2. The lowest BCUT2D eigenvalue weighted by Gasteiger charge is -2.42. The Balaban J connectivity index is 1.75. The summed E-state index contributed by atoms with van der Waals surface area (Å²) in [6.07, 6.45) is 1.44. The van der Waals surface area contributed by atoms with Gasteiger partial charge in [0.15, 0.2) is 0 Å². The van der Waals surface area contributed by atoms with Gasteiger partial charge in [-0.05, 0) is 44.0 Å². The second kappa shape index (κ2) is 8.70. The number of carbonyl (C=O) groups excluding carboxylic acids is 1. The molecule has 1 fully saturated rings. The first-order valence-electron chi connectivity index (χ1n) is 8.70. The van der Waals surface area contributed by atoms with E-state index in [1.54, 1.807) is 31.2 Å². The Morgan fingerprint density at radius 2 is 2.08 bits per heavy atom. The monoisotopic (exact) mass is 383 g/mol. The third-order valence-corrected chi connectivity index (χ3v) is 4.98. The average Bonchev–Trinajstić information content (AvgIpc) is 2.54. The van der Waals surface area contributed by atoms with E-state index in [4.69, 9.17) is 16.7 Å². The fourth-order valence-electron chi connectivity index (χ4n) is 3.09. The van der Waals surface area contributed by atoms with Crippen LogP contribution in [0.5, 0.6) is 0 Å². The largest absolute Gasteiger partial charge is 0.480 e. The van der Waals surface area contributed by atoms with Crippen molar-refractivity contribution in [1.82, 2.24) is 15.5 Å². The highest BCUT2D eigenvalue weighted by atomic mass is 35.5. The summed E-state index contributed by atoms with van der Waals surface area (Å²) in [4.78, 5) is 24.8. The Morgan fingerprint density at radius 1 is 1.38 bits per heavy atom. The van der Waals surface area contributed by atoms with Crippen LogP contribution >= 0.6 is 11.6 Å². The van der Waals surface area contributed by atoms with Gasteiger partial charge in [-0.2, -0.15) is 0 Å². The van der Waals surface area contributed by atoms with E-state index in [2.05, 4.69) is 10.6 Å². The second-order valence-electron chi connectivity index (χ2n) is 6.89. The van der Waals surface area contributed by atoms with E-state index in [9.17, 15) is 14.7 Å². The summed E-state index contributed by atoms with van der Waals surface area (Å²) in [5, 5.41) is 25.5. The second-order valence-corrected chi connectivity index (χ2v) is 7.33. The molecule has 1 atom stereocenters. The van der Waals surface area contributed by atoms with Gasteiger partial charge in [-0.25, -0.2) is 4.79 Å². The molecule has 1 aromatic rings. The molecule has 2 rings (SSSR count). The third kappa shape index (κ3) is 5.59. The summed E-state index contributed by atoms with van der Waals surface area (Å²) in [5.74, 6) is -0.843. The molecule has 7 nitrogen and oxygen atoms in total. The number of carboxylic acids is 1. The van der Waals surface area contributed by atoms with Gasteiger partial charge in [-0.1, -0.05) is 30.7 Å². The molecule has 0 heterocycles. The quantitative estimate of drug-likeness (QED) is 0.548. The SMILES string of the molecule is CCN(CC(=O)O)C1CC(NC(=O)NCC(C)(O)c2cccc(Cl)c2)C1. The van der Waals surface area contributed by atoms with Gasteiger partial charge in [0.25, 0.3) is 0 Å². The standard InChI is InChI=1S/C18H26ClN3O4/c1-3-22(10-16(23)24)15-8-14(9-15)21-17(25)20-11-18(2,26)12-5-4-6-13(19)7-12/h4-7,14-15,26H,3,8-11H2,1-2H3,(H,23,24)(H2,20,21,25). The normalized spacial score (nSPS) is 21.6. The van der Waals surface area contributed by atoms with Gasteiger partial charge in [0.05, 0.1) is 13.1 Å². The van der Waals surface area contributed by atoms with Crippen molar-refractivity contribution in [1.29, 1.82) is 0 Å². The molecule has 4 N–H and O–H groups in total. The molecule has 1 aromatic carbocycles. The van der Waals surface area contributed by atoms with E-state index in [0.717, 1.165) is 12.8 Å². The van der Waals surface area contributed by atoms with E-state index >= 15 is 0 Å². The van der Waals surface area contributed by atoms with Gasteiger partial charge in [-0.3, -0.25) is 9.69 Å². The van der Waals surface area contributed by atoms with E-state index < -0.39 is 11.6 Å². The topological polar surface area (TPSA) is 102 Å². The Labute approximate surface area is 158 Å². The van der Waals surface area contributed by atoms with E-state index in [-0.39, 0.29) is 31.2 Å². The Kier molecular flexibility index (Phi) is 6.86. The number of nitrogens with zero attached hydrogens (tertiary/aromatic N) is 1. The maximum absolute atomic E-state index is 12.0. The Hall–Kier alpha value is -1.83. The molecule has 8 heteroatoms. The molecule has 144 valence electrons. The number of benzene rings is 1. The average molecular weight is 384 g/mol. The highest BCUT2D eigenvalue weighted by molar-refractivity contribution is 6.30. The maximum Gasteiger partial charge on any atom is 0.317 e. The Morgan fingerprint density at radius 3 is 2.65 bits per heavy atom. The van der Waals surface area contributed by atoms with E-state index in [1.807, 2.05) is 11.8 Å². The summed E-state index contributed by atoms with van der Waals surface area (Å²) in [5.41, 5.74) is -0.605. The Bertz CT molecular complexity index is 647. The van der Waals surface area contributed by atoms with Crippen molar-refractivity contribution < 1.29 is 19.8 Å². The maximum atomic E-state index is 12.0. The number of urea groups is 1. The van der Waals surface area contributed by atoms with Crippen molar-refractivity contribution in [3.8, 4) is 0 Å². The van der Waals surface area contributed by atoms with Crippen LogP contribution in [0.3, 0.4) is 0 Å². The number of hydrogen-bond acceptors (Lipinski definition) is 4. The molecule has 26 heavy (non-hydrogen) atoms. The zero-order chi connectivity index (χ0) is 19.3. The van der Waals surface area contributed by atoms with Crippen LogP contribution in [-0.4, -0.2) is 58.8 Å². The van der Waals surface area contributed by atoms with Gasteiger partial charge in [0.2, 0.25) is 0 Å². The molecule has 1 aliphatic carbocycles. The van der Waals surface area contributed by atoms with E-state index in [0.29, 0.717) is 17.1 Å². The van der Waals surface area contributed by atoms with Gasteiger partial charge < -0.3 is 20.8 Å². The van der Waals surface area contributed by atoms with Gasteiger partial charge in [0.1, 0.15) is 5.60 Å². The van der Waals surface area contributed by atoms with Crippen molar-refractivity contribution >= 4 is 23.6 Å². The lowest BCUT2D eigenvalue weighted by molar-refractivity contribution is -0.139. The van der Waals surface area contributed by atoms with E-state index in [1.165, 1.54) is 0 Å². The molecular weight excluding hydrogens is 358 g/mol. The fraction of sp³-hybridized carbons (Fsp3) is 0.556. The summed E-state index contributed by atoms with van der Waals surface area (Å²) in [6, 6.07) is 6.73. The number of aliphatic hydroxyl groups is 1. The number of hydrogen-bond donors (Lipinski definition) is 4. The molecule has 0 saturated heterocycles. The number of amides is 2. The number of likely N-dealkylation sites (N-methyl/N-ethyl adjacent to an activating group) is 1. The van der Waals surface area contributed by atoms with Crippen LogP contribution in [0.15, 0.2) is 24.3 Å². The van der Waals surface area contributed by atoms with Crippen molar-refractivity contribution in [2.75, 3.05) is 19.6 Å². The lowest BCUT2D eigenvalue weighted by Crippen LogP contribution is -2.57. The summed E-state index contributed by atoms with van der Waals surface area (Å²) < 4.78 is 0. The molecule has 0 bridgehead atoms. The molecule has 1 aliphatic rings. The molecular formula is C18H26ClN3O4. The number of rotatable bonds is 8. The highest BCUT2D eigenvalue weighted by Gasteiger charge is 2.35. The van der Waals surface area contributed by atoms with Gasteiger partial charge in [0, 0.05) is 17.1 Å². The minimum atomic E-state index is -1.23. The molecule has 0 radical (unpaired) electrons. The van der Waals surface area contributed by atoms with Crippen LogP contribution in [0.2, 0.25) is 5.02 Å². The third-order valence-electron chi connectivity index (χ3n) is 4.75. The number of carboxylic acid groups (broad SMARTS) is 1. The first-order chi connectivity index (χ1) is 12.2. The van der Waals surface area contributed by atoms with Crippen molar-refractivity contribution in [3.63, 3.8) is 0 Å². The van der Waals surface area contributed by atoms with Gasteiger partial charge in [-0.15, -0.1) is 0 Å². The minimum absolute atomic E-state index is 0.0129. The molecule has 0 aromatic heterocycles. The lowest BCUT2D eigenvalue weighted by atomic mass is 9.85. The molecule has 1 unspecified atom stereocenters. The van der Waals surface area contributed by atoms with Crippen LogP contribution in [0.1, 0.15) is 32.3 Å². The fourth-order valence-corrected chi connectivity index (χ4v) is 3.28. The first kappa shape index (κ1) is 20.5. The predicted molar refractivity (Wildman–Crippen MR) is 99.3 cm³/mol. The van der Waals surface area contributed by atoms with Crippen LogP contribution in [-0.2, 0) is 10.4 Å². The highest BCUT2D eigenvalue weighted by Crippen LogP contribution is 2.26. The molecule has 0 spiro atoms. The van der Waals surface area contributed by atoms with Crippen LogP contribution in [0, 0.1) is 0 Å². The van der Waals surface area contributed by atoms with Crippen LogP contribution in [0.4, 0.5) is 4.79 Å². The van der Waals surface area contributed by atoms with Crippen LogP contribution < -0.4 is 10.6 Å². The molecule has 2 amide bonds. The smallest absolute Gasteiger partial charge is 0.317 e. The number of nitrogens with one attached hydrogen (secondary N) is 2. The summed E-state index contributed by atoms with van der Waals surface area (Å²) in [7, 11) is 0. The van der Waals surface area contributed by atoms with Crippen molar-refractivity contribution in [3.05, 3.63) is 34.9 Å². The van der Waals surface area contributed by atoms with Gasteiger partial charge >= 0.3 is 12.0 Å². The predicted octanol–water partition coefficient (Wildman–Crippen LogP) is 1.78. The molecule has 1 saturated carbocycles. The van der Waals surface area contributed by atoms with Crippen molar-refractivity contribution in [2.24, 2.45) is 0 Å². The number of halogens is 1. The minimum Gasteiger partial charge on any atom is -0.480 e. The first-order valence-corrected chi connectivity index (χ1v) is 9.07. The molecule has 0 aliphatic heterocycles. The van der Waals surface area contributed by atoms with Crippen molar-refractivity contribution in [2.45, 2.75) is 44.4 Å².